The van der Waals surface area contributed by atoms with Crippen LogP contribution < -0.4 is 5.32 Å². The van der Waals surface area contributed by atoms with E-state index in [1.54, 1.807) is 0 Å². The van der Waals surface area contributed by atoms with Crippen molar-refractivity contribution in [3.05, 3.63) is 15.6 Å². The van der Waals surface area contributed by atoms with Gasteiger partial charge in [-0.1, -0.05) is 0 Å². The van der Waals surface area contributed by atoms with Crippen LogP contribution in [-0.2, 0) is 9.53 Å². The summed E-state index contributed by atoms with van der Waals surface area (Å²) in [5, 5.41) is 3.82. The molecule has 1 N–H and O–H groups in total. The SMILES string of the molecule is Cc1nc(C(=O)NCC2CN(CC3CCN(CC4CC4)CC3)C(=O)CO2)c(C)s1. The molecule has 0 aromatic carbocycles. The van der Waals surface area contributed by atoms with E-state index in [1.807, 2.05) is 18.7 Å². The van der Waals surface area contributed by atoms with Gasteiger partial charge in [0.25, 0.3) is 5.91 Å². The Bertz CT molecular complexity index is 740. The van der Waals surface area contributed by atoms with Crippen LogP contribution in [0.1, 0.15) is 46.1 Å². The minimum atomic E-state index is -0.165. The number of ether oxygens (including phenoxy) is 1. The molecule has 1 saturated carbocycles. The third-order valence-corrected chi connectivity index (χ3v) is 7.11. The van der Waals surface area contributed by atoms with Gasteiger partial charge in [0, 0.05) is 31.1 Å². The van der Waals surface area contributed by atoms with Crippen LogP contribution in [-0.4, -0.2) is 78.6 Å². The molecule has 0 radical (unpaired) electrons. The molecule has 4 rings (SSSR count). The first-order valence-corrected chi connectivity index (χ1v) is 11.6. The first-order valence-electron chi connectivity index (χ1n) is 10.8. The molecule has 0 bridgehead atoms. The summed E-state index contributed by atoms with van der Waals surface area (Å²) in [7, 11) is 0. The summed E-state index contributed by atoms with van der Waals surface area (Å²) in [5.41, 5.74) is 0.495. The van der Waals surface area contributed by atoms with E-state index in [0.717, 1.165) is 35.4 Å². The van der Waals surface area contributed by atoms with Crippen LogP contribution in [0.3, 0.4) is 0 Å². The molecular weight excluding hydrogens is 388 g/mol. The molecule has 3 aliphatic rings. The lowest BCUT2D eigenvalue weighted by molar-refractivity contribution is -0.149. The number of nitrogens with zero attached hydrogens (tertiary/aromatic N) is 3. The van der Waals surface area contributed by atoms with Gasteiger partial charge in [-0.25, -0.2) is 4.98 Å². The van der Waals surface area contributed by atoms with E-state index in [-0.39, 0.29) is 24.5 Å². The van der Waals surface area contributed by atoms with E-state index < -0.39 is 0 Å². The molecule has 2 amide bonds. The zero-order chi connectivity index (χ0) is 20.4. The minimum absolute atomic E-state index is 0.0685. The summed E-state index contributed by atoms with van der Waals surface area (Å²) >= 11 is 1.53. The van der Waals surface area contributed by atoms with Crippen molar-refractivity contribution in [1.29, 1.82) is 0 Å². The van der Waals surface area contributed by atoms with Gasteiger partial charge in [0.2, 0.25) is 5.91 Å². The van der Waals surface area contributed by atoms with E-state index in [9.17, 15) is 9.59 Å². The number of rotatable bonds is 7. The number of likely N-dealkylation sites (tertiary alicyclic amines) is 1. The smallest absolute Gasteiger partial charge is 0.271 e. The lowest BCUT2D eigenvalue weighted by Gasteiger charge is -2.38. The maximum Gasteiger partial charge on any atom is 0.271 e. The number of hydrogen-bond donors (Lipinski definition) is 1. The number of aromatic nitrogens is 1. The molecule has 3 heterocycles. The van der Waals surface area contributed by atoms with Gasteiger partial charge in [0.05, 0.1) is 11.1 Å². The largest absolute Gasteiger partial charge is 0.365 e. The molecule has 29 heavy (non-hydrogen) atoms. The molecule has 3 fully saturated rings. The first-order chi connectivity index (χ1) is 14.0. The van der Waals surface area contributed by atoms with Crippen LogP contribution in [0.15, 0.2) is 0 Å². The number of amides is 2. The van der Waals surface area contributed by atoms with E-state index >= 15 is 0 Å². The maximum atomic E-state index is 12.4. The summed E-state index contributed by atoms with van der Waals surface area (Å²) in [4.78, 5) is 34.5. The lowest BCUT2D eigenvalue weighted by Crippen LogP contribution is -2.52. The Kier molecular flexibility index (Phi) is 6.51. The van der Waals surface area contributed by atoms with Crippen LogP contribution in [0.4, 0.5) is 0 Å². The van der Waals surface area contributed by atoms with E-state index in [0.29, 0.717) is 24.7 Å². The van der Waals surface area contributed by atoms with E-state index in [4.69, 9.17) is 4.74 Å². The van der Waals surface area contributed by atoms with Crippen molar-refractivity contribution >= 4 is 23.2 Å². The lowest BCUT2D eigenvalue weighted by atomic mass is 9.95. The summed E-state index contributed by atoms with van der Waals surface area (Å²) in [6.07, 6.45) is 4.98. The van der Waals surface area contributed by atoms with Crippen molar-refractivity contribution in [2.24, 2.45) is 11.8 Å². The van der Waals surface area contributed by atoms with Crippen molar-refractivity contribution in [1.82, 2.24) is 20.1 Å². The maximum absolute atomic E-state index is 12.4. The van der Waals surface area contributed by atoms with Gasteiger partial charge in [-0.05, 0) is 64.5 Å². The molecule has 1 aliphatic carbocycles. The zero-order valence-electron chi connectivity index (χ0n) is 17.5. The Balaban J connectivity index is 1.22. The quantitative estimate of drug-likeness (QED) is 0.729. The monoisotopic (exact) mass is 420 g/mol. The van der Waals surface area contributed by atoms with Gasteiger partial charge in [0.15, 0.2) is 0 Å². The second-order valence-electron chi connectivity index (χ2n) is 8.77. The van der Waals surface area contributed by atoms with Crippen molar-refractivity contribution in [2.45, 2.75) is 45.6 Å². The summed E-state index contributed by atoms with van der Waals surface area (Å²) < 4.78 is 5.67. The van der Waals surface area contributed by atoms with Crippen LogP contribution in [0, 0.1) is 25.7 Å². The van der Waals surface area contributed by atoms with Crippen molar-refractivity contribution in [3.8, 4) is 0 Å². The number of morpholine rings is 1. The molecule has 1 aromatic heterocycles. The van der Waals surface area contributed by atoms with Crippen molar-refractivity contribution < 1.29 is 14.3 Å². The molecule has 0 spiro atoms. The zero-order valence-corrected chi connectivity index (χ0v) is 18.3. The standard InChI is InChI=1S/C21H32N4O3S/c1-14-20(23-15(2)29-14)21(27)22-9-18-12-25(19(26)13-28-18)11-17-5-7-24(8-6-17)10-16-3-4-16/h16-18H,3-13H2,1-2H3,(H,22,27). The second kappa shape index (κ2) is 9.10. The predicted octanol–water partition coefficient (Wildman–Crippen LogP) is 1.84. The minimum Gasteiger partial charge on any atom is -0.365 e. The molecule has 1 atom stereocenters. The summed E-state index contributed by atoms with van der Waals surface area (Å²) in [6.45, 7) is 9.27. The van der Waals surface area contributed by atoms with Gasteiger partial charge >= 0.3 is 0 Å². The van der Waals surface area contributed by atoms with Crippen LogP contribution in [0.5, 0.6) is 0 Å². The van der Waals surface area contributed by atoms with Crippen LogP contribution >= 0.6 is 11.3 Å². The second-order valence-corrected chi connectivity index (χ2v) is 10.2. The fourth-order valence-electron chi connectivity index (χ4n) is 4.34. The molecule has 2 saturated heterocycles. The van der Waals surface area contributed by atoms with Gasteiger partial charge in [-0.3, -0.25) is 9.59 Å². The Morgan fingerprint density at radius 2 is 1.90 bits per heavy atom. The highest BCUT2D eigenvalue weighted by molar-refractivity contribution is 7.11. The van der Waals surface area contributed by atoms with E-state index in [1.165, 1.54) is 43.6 Å². The fourth-order valence-corrected chi connectivity index (χ4v) is 5.15. The van der Waals surface area contributed by atoms with Crippen LogP contribution in [0.2, 0.25) is 0 Å². The van der Waals surface area contributed by atoms with E-state index in [2.05, 4.69) is 15.2 Å². The van der Waals surface area contributed by atoms with Gasteiger partial charge in [-0.15, -0.1) is 11.3 Å². The van der Waals surface area contributed by atoms with Gasteiger partial charge in [0.1, 0.15) is 12.3 Å². The number of nitrogens with one attached hydrogen (secondary N) is 1. The number of carbonyl (C=O) groups is 2. The number of carbonyl (C=O) groups excluding carboxylic acids is 2. The van der Waals surface area contributed by atoms with Crippen molar-refractivity contribution in [3.63, 3.8) is 0 Å². The van der Waals surface area contributed by atoms with Crippen LogP contribution in [0.25, 0.3) is 0 Å². The molecule has 1 aromatic rings. The highest BCUT2D eigenvalue weighted by Crippen LogP contribution is 2.31. The molecule has 8 heteroatoms. The molecule has 160 valence electrons. The van der Waals surface area contributed by atoms with Gasteiger partial charge < -0.3 is 19.9 Å². The number of aryl methyl sites for hydroxylation is 2. The Hall–Kier alpha value is -1.51. The average molecular weight is 421 g/mol. The Labute approximate surface area is 176 Å². The Morgan fingerprint density at radius 3 is 2.55 bits per heavy atom. The number of hydrogen-bond acceptors (Lipinski definition) is 6. The fraction of sp³-hybridized carbons (Fsp3) is 0.762. The third-order valence-electron chi connectivity index (χ3n) is 6.23. The molecule has 2 aliphatic heterocycles. The molecule has 1 unspecified atom stereocenters. The van der Waals surface area contributed by atoms with Gasteiger partial charge in [-0.2, -0.15) is 0 Å². The number of thiazole rings is 1. The summed E-state index contributed by atoms with van der Waals surface area (Å²) in [5.74, 6) is 1.42. The average Bonchev–Trinajstić information content (AvgIpc) is 3.45. The normalized spacial score (nSPS) is 24.1. The third kappa shape index (κ3) is 5.55. The Morgan fingerprint density at radius 1 is 1.17 bits per heavy atom. The molecular formula is C21H32N4O3S. The highest BCUT2D eigenvalue weighted by atomic mass is 32.1. The predicted molar refractivity (Wildman–Crippen MR) is 112 cm³/mol. The topological polar surface area (TPSA) is 74.8 Å². The summed E-state index contributed by atoms with van der Waals surface area (Å²) in [6, 6.07) is 0. The number of piperidine rings is 1. The first kappa shape index (κ1) is 20.8. The molecule has 7 nitrogen and oxygen atoms in total. The van der Waals surface area contributed by atoms with Crippen molar-refractivity contribution in [2.75, 3.05) is 45.9 Å². The highest BCUT2D eigenvalue weighted by Gasteiger charge is 2.31.